The Kier molecular flexibility index (Phi) is 4.75. The number of nitrogens with two attached hydrogens (primary N) is 1. The molecule has 2 aromatic rings. The minimum Gasteiger partial charge on any atom is -0.271 e. The highest BCUT2D eigenvalue weighted by Crippen LogP contribution is 2.19. The van der Waals surface area contributed by atoms with E-state index in [1.165, 1.54) is 0 Å². The first-order valence-corrected chi connectivity index (χ1v) is 6.79. The van der Waals surface area contributed by atoms with Gasteiger partial charge in [0.2, 0.25) is 0 Å². The van der Waals surface area contributed by atoms with Gasteiger partial charge in [0.25, 0.3) is 0 Å². The normalized spacial score (nSPS) is 12.6. The highest BCUT2D eigenvalue weighted by atomic mass is 15.3. The second kappa shape index (κ2) is 6.53. The van der Waals surface area contributed by atoms with Crippen LogP contribution >= 0.6 is 0 Å². The van der Waals surface area contributed by atoms with E-state index in [9.17, 15) is 0 Å². The van der Waals surface area contributed by atoms with Crippen molar-refractivity contribution in [3.05, 3.63) is 35.2 Å². The number of nitrogens with zero attached hydrogens (tertiary/aromatic N) is 5. The number of rotatable bonds is 6. The Morgan fingerprint density at radius 3 is 2.85 bits per heavy atom. The van der Waals surface area contributed by atoms with E-state index in [1.54, 1.807) is 6.33 Å². The fourth-order valence-corrected chi connectivity index (χ4v) is 2.21. The van der Waals surface area contributed by atoms with Crippen LogP contribution in [0.5, 0.6) is 0 Å². The van der Waals surface area contributed by atoms with Gasteiger partial charge in [-0.05, 0) is 31.9 Å². The third kappa shape index (κ3) is 3.17. The smallest absolute Gasteiger partial charge is 0.138 e. The summed E-state index contributed by atoms with van der Waals surface area (Å²) >= 11 is 0. The maximum absolute atomic E-state index is 5.71. The van der Waals surface area contributed by atoms with Gasteiger partial charge in [0, 0.05) is 13.0 Å². The Morgan fingerprint density at radius 1 is 1.35 bits per heavy atom. The van der Waals surface area contributed by atoms with Gasteiger partial charge in [-0.2, -0.15) is 15.3 Å². The van der Waals surface area contributed by atoms with Crippen molar-refractivity contribution in [1.29, 1.82) is 0 Å². The van der Waals surface area contributed by atoms with Crippen molar-refractivity contribution in [3.63, 3.8) is 0 Å². The van der Waals surface area contributed by atoms with Crippen molar-refractivity contribution in [2.45, 2.75) is 46.2 Å². The molecule has 0 bridgehead atoms. The van der Waals surface area contributed by atoms with Crippen LogP contribution in [0.1, 0.15) is 42.2 Å². The van der Waals surface area contributed by atoms with Gasteiger partial charge in [-0.15, -0.1) is 0 Å². The van der Waals surface area contributed by atoms with E-state index in [-0.39, 0.29) is 6.04 Å². The number of nitrogens with one attached hydrogen (secondary N) is 1. The van der Waals surface area contributed by atoms with Crippen molar-refractivity contribution in [2.75, 3.05) is 0 Å². The van der Waals surface area contributed by atoms with Gasteiger partial charge in [-0.1, -0.05) is 6.92 Å². The predicted molar refractivity (Wildman–Crippen MR) is 75.6 cm³/mol. The topological polar surface area (TPSA) is 94.5 Å². The van der Waals surface area contributed by atoms with Gasteiger partial charge < -0.3 is 0 Å². The molecule has 0 aliphatic carbocycles. The molecule has 7 nitrogen and oxygen atoms in total. The van der Waals surface area contributed by atoms with Crippen LogP contribution in [0.25, 0.3) is 0 Å². The standard InChI is InChI=1S/C13H21N7/c1-4-5-20-13(15-8-16-20)7-12(17-14)11-6-9(2)18-19-10(11)3/h6,8,12,17H,4-5,7,14H2,1-3H3. The monoisotopic (exact) mass is 275 g/mol. The molecule has 0 aromatic carbocycles. The maximum Gasteiger partial charge on any atom is 0.138 e. The highest BCUT2D eigenvalue weighted by molar-refractivity contribution is 5.24. The van der Waals surface area contributed by atoms with Crippen LogP contribution in [0.4, 0.5) is 0 Å². The first-order chi connectivity index (χ1) is 9.65. The summed E-state index contributed by atoms with van der Waals surface area (Å²) in [6, 6.07) is 1.96. The van der Waals surface area contributed by atoms with Crippen molar-refractivity contribution in [1.82, 2.24) is 30.4 Å². The number of aromatic nitrogens is 5. The van der Waals surface area contributed by atoms with Crippen LogP contribution in [-0.4, -0.2) is 25.0 Å². The molecule has 2 rings (SSSR count). The third-order valence-corrected chi connectivity index (χ3v) is 3.23. The molecule has 7 heteroatoms. The second-order valence-electron chi connectivity index (χ2n) is 4.85. The summed E-state index contributed by atoms with van der Waals surface area (Å²) in [7, 11) is 0. The first-order valence-electron chi connectivity index (χ1n) is 6.79. The molecule has 1 atom stereocenters. The van der Waals surface area contributed by atoms with E-state index in [0.29, 0.717) is 6.42 Å². The summed E-state index contributed by atoms with van der Waals surface area (Å²) in [5.74, 6) is 6.63. The predicted octanol–water partition coefficient (Wildman–Crippen LogP) is 0.842. The SMILES string of the molecule is CCCn1ncnc1CC(NN)c1cc(C)nnc1C. The summed E-state index contributed by atoms with van der Waals surface area (Å²) in [4.78, 5) is 4.32. The molecule has 0 aliphatic rings. The van der Waals surface area contributed by atoms with Gasteiger partial charge in [0.1, 0.15) is 12.2 Å². The van der Waals surface area contributed by atoms with E-state index >= 15 is 0 Å². The molecule has 2 heterocycles. The fourth-order valence-electron chi connectivity index (χ4n) is 2.21. The van der Waals surface area contributed by atoms with Gasteiger partial charge in [-0.3, -0.25) is 16.0 Å². The average molecular weight is 275 g/mol. The molecule has 0 aliphatic heterocycles. The van der Waals surface area contributed by atoms with Gasteiger partial charge in [0.05, 0.1) is 17.4 Å². The minimum atomic E-state index is -0.0518. The Balaban J connectivity index is 2.24. The second-order valence-corrected chi connectivity index (χ2v) is 4.85. The molecule has 0 fully saturated rings. The highest BCUT2D eigenvalue weighted by Gasteiger charge is 2.17. The Morgan fingerprint density at radius 2 is 2.15 bits per heavy atom. The van der Waals surface area contributed by atoms with Gasteiger partial charge >= 0.3 is 0 Å². The summed E-state index contributed by atoms with van der Waals surface area (Å²) in [5.41, 5.74) is 5.64. The Hall–Kier alpha value is -1.86. The number of hydrogen-bond donors (Lipinski definition) is 2. The summed E-state index contributed by atoms with van der Waals surface area (Å²) in [6.07, 6.45) is 3.27. The quantitative estimate of drug-likeness (QED) is 0.599. The lowest BCUT2D eigenvalue weighted by atomic mass is 10.0. The number of hydrazine groups is 1. The summed E-state index contributed by atoms with van der Waals surface area (Å²) < 4.78 is 1.92. The fraction of sp³-hybridized carbons (Fsp3) is 0.538. The van der Waals surface area contributed by atoms with Crippen LogP contribution in [0.15, 0.2) is 12.4 Å². The summed E-state index contributed by atoms with van der Waals surface area (Å²) in [6.45, 7) is 6.83. The lowest BCUT2D eigenvalue weighted by Crippen LogP contribution is -2.31. The molecule has 2 aromatic heterocycles. The number of hydrogen-bond acceptors (Lipinski definition) is 6. The zero-order valence-electron chi connectivity index (χ0n) is 12.2. The molecule has 3 N–H and O–H groups in total. The lowest BCUT2D eigenvalue weighted by Gasteiger charge is -2.18. The van der Waals surface area contributed by atoms with Crippen LogP contribution in [0.2, 0.25) is 0 Å². The zero-order chi connectivity index (χ0) is 14.5. The first kappa shape index (κ1) is 14.5. The van der Waals surface area contributed by atoms with E-state index in [1.807, 2.05) is 24.6 Å². The Bertz CT molecular complexity index is 564. The molecule has 20 heavy (non-hydrogen) atoms. The van der Waals surface area contributed by atoms with Crippen LogP contribution < -0.4 is 11.3 Å². The molecule has 1 unspecified atom stereocenters. The van der Waals surface area contributed by atoms with E-state index in [4.69, 9.17) is 5.84 Å². The van der Waals surface area contributed by atoms with Crippen molar-refractivity contribution in [3.8, 4) is 0 Å². The van der Waals surface area contributed by atoms with E-state index in [2.05, 4.69) is 32.6 Å². The molecule has 0 saturated heterocycles. The molecular weight excluding hydrogens is 254 g/mol. The molecule has 0 saturated carbocycles. The van der Waals surface area contributed by atoms with E-state index < -0.39 is 0 Å². The maximum atomic E-state index is 5.71. The molecular formula is C13H21N7. The lowest BCUT2D eigenvalue weighted by molar-refractivity contribution is 0.495. The zero-order valence-corrected chi connectivity index (χ0v) is 12.2. The molecule has 0 spiro atoms. The Labute approximate surface area is 118 Å². The molecule has 0 radical (unpaired) electrons. The number of aryl methyl sites for hydroxylation is 3. The van der Waals surface area contributed by atoms with Crippen molar-refractivity contribution >= 4 is 0 Å². The van der Waals surface area contributed by atoms with Gasteiger partial charge in [0.15, 0.2) is 0 Å². The molecule has 108 valence electrons. The minimum absolute atomic E-state index is 0.0518. The van der Waals surface area contributed by atoms with Crippen LogP contribution in [-0.2, 0) is 13.0 Å². The third-order valence-electron chi connectivity index (χ3n) is 3.23. The molecule has 0 amide bonds. The van der Waals surface area contributed by atoms with Crippen LogP contribution in [0, 0.1) is 13.8 Å². The van der Waals surface area contributed by atoms with E-state index in [0.717, 1.165) is 35.7 Å². The van der Waals surface area contributed by atoms with Crippen molar-refractivity contribution in [2.24, 2.45) is 5.84 Å². The van der Waals surface area contributed by atoms with Crippen LogP contribution in [0.3, 0.4) is 0 Å². The summed E-state index contributed by atoms with van der Waals surface area (Å²) in [5, 5.41) is 12.4. The largest absolute Gasteiger partial charge is 0.271 e. The average Bonchev–Trinajstić information content (AvgIpc) is 2.87. The van der Waals surface area contributed by atoms with Gasteiger partial charge in [-0.25, -0.2) is 4.98 Å². The van der Waals surface area contributed by atoms with Crippen molar-refractivity contribution < 1.29 is 0 Å².